The van der Waals surface area contributed by atoms with E-state index in [1.165, 1.54) is 12.1 Å². The number of urea groups is 1. The average molecular weight is 429 g/mol. The molecule has 0 saturated heterocycles. The van der Waals surface area contributed by atoms with Gasteiger partial charge in [-0.05, 0) is 43.2 Å². The summed E-state index contributed by atoms with van der Waals surface area (Å²) < 4.78 is 5.37. The monoisotopic (exact) mass is 427 g/mol. The molecular formula is C18H16Cl3N3O3. The van der Waals surface area contributed by atoms with E-state index in [9.17, 15) is 9.59 Å². The van der Waals surface area contributed by atoms with Crippen LogP contribution in [0.1, 0.15) is 12.8 Å². The lowest BCUT2D eigenvalue weighted by molar-refractivity contribution is -0.118. The summed E-state index contributed by atoms with van der Waals surface area (Å²) in [6, 6.07) is 9.69. The highest BCUT2D eigenvalue weighted by molar-refractivity contribution is 6.43. The normalized spacial score (nSPS) is 13.0. The van der Waals surface area contributed by atoms with Crippen molar-refractivity contribution in [3.8, 4) is 5.75 Å². The molecular weight excluding hydrogens is 413 g/mol. The van der Waals surface area contributed by atoms with Crippen LogP contribution in [0, 0.1) is 0 Å². The van der Waals surface area contributed by atoms with Crippen LogP contribution in [0.4, 0.5) is 16.2 Å². The third-order valence-corrected chi connectivity index (χ3v) is 4.69. The van der Waals surface area contributed by atoms with Crippen molar-refractivity contribution in [3.63, 3.8) is 0 Å². The molecule has 1 fully saturated rings. The largest absolute Gasteiger partial charge is 0.482 e. The molecule has 0 aliphatic heterocycles. The lowest BCUT2D eigenvalue weighted by Crippen LogP contribution is -2.30. The van der Waals surface area contributed by atoms with Crippen LogP contribution in [-0.2, 0) is 4.79 Å². The van der Waals surface area contributed by atoms with Gasteiger partial charge in [-0.3, -0.25) is 4.79 Å². The molecule has 9 heteroatoms. The van der Waals surface area contributed by atoms with Crippen LogP contribution in [0.25, 0.3) is 0 Å². The molecule has 0 spiro atoms. The number of anilines is 2. The van der Waals surface area contributed by atoms with E-state index in [1.54, 1.807) is 24.3 Å². The number of halogens is 3. The standard InChI is InChI=1S/C18H16Cl3N3O3/c19-13-7-15(21)16(8-14(13)20)27-9-17(25)22-10-1-3-11(4-2-10)23-18(26)24-12-5-6-12/h1-4,7-8,12H,5-6,9H2,(H,22,25)(H2,23,24,26). The fourth-order valence-electron chi connectivity index (χ4n) is 2.17. The Morgan fingerprint density at radius 1 is 0.926 bits per heavy atom. The smallest absolute Gasteiger partial charge is 0.319 e. The second-order valence-electron chi connectivity index (χ2n) is 5.98. The first-order valence-corrected chi connectivity index (χ1v) is 9.29. The second-order valence-corrected chi connectivity index (χ2v) is 7.21. The van der Waals surface area contributed by atoms with Gasteiger partial charge in [-0.15, -0.1) is 0 Å². The third kappa shape index (κ3) is 5.92. The van der Waals surface area contributed by atoms with Crippen LogP contribution < -0.4 is 20.7 Å². The van der Waals surface area contributed by atoms with Crippen molar-refractivity contribution in [2.45, 2.75) is 18.9 Å². The highest BCUT2D eigenvalue weighted by atomic mass is 35.5. The van der Waals surface area contributed by atoms with Crippen molar-refractivity contribution in [1.29, 1.82) is 0 Å². The van der Waals surface area contributed by atoms with Crippen LogP contribution in [0.5, 0.6) is 5.75 Å². The Labute approximate surface area is 171 Å². The molecule has 0 atom stereocenters. The van der Waals surface area contributed by atoms with Crippen LogP contribution in [0.3, 0.4) is 0 Å². The maximum atomic E-state index is 12.0. The molecule has 3 amide bonds. The minimum absolute atomic E-state index is 0.235. The highest BCUT2D eigenvalue weighted by Gasteiger charge is 2.23. The van der Waals surface area contributed by atoms with Gasteiger partial charge in [0.25, 0.3) is 5.91 Å². The number of carbonyl (C=O) groups is 2. The number of hydrogen-bond donors (Lipinski definition) is 3. The number of rotatable bonds is 6. The summed E-state index contributed by atoms with van der Waals surface area (Å²) in [5.41, 5.74) is 1.20. The predicted molar refractivity (Wildman–Crippen MR) is 107 cm³/mol. The van der Waals surface area contributed by atoms with Gasteiger partial charge in [0.05, 0.1) is 15.1 Å². The van der Waals surface area contributed by atoms with E-state index in [-0.39, 0.29) is 40.4 Å². The number of nitrogens with one attached hydrogen (secondary N) is 3. The van der Waals surface area contributed by atoms with Gasteiger partial charge in [-0.25, -0.2) is 4.79 Å². The first-order chi connectivity index (χ1) is 12.9. The van der Waals surface area contributed by atoms with Crippen molar-refractivity contribution >= 4 is 58.1 Å². The van der Waals surface area contributed by atoms with Gasteiger partial charge in [0.2, 0.25) is 0 Å². The molecule has 1 saturated carbocycles. The molecule has 27 heavy (non-hydrogen) atoms. The van der Waals surface area contributed by atoms with E-state index >= 15 is 0 Å². The molecule has 0 radical (unpaired) electrons. The van der Waals surface area contributed by atoms with E-state index < -0.39 is 0 Å². The van der Waals surface area contributed by atoms with Gasteiger partial charge in [0, 0.05) is 23.5 Å². The first kappa shape index (κ1) is 19.6. The number of amides is 3. The van der Waals surface area contributed by atoms with E-state index in [0.717, 1.165) is 12.8 Å². The van der Waals surface area contributed by atoms with E-state index in [2.05, 4.69) is 16.0 Å². The van der Waals surface area contributed by atoms with Crippen LogP contribution in [0.15, 0.2) is 36.4 Å². The zero-order valence-corrected chi connectivity index (χ0v) is 16.3. The molecule has 2 aromatic rings. The van der Waals surface area contributed by atoms with Crippen LogP contribution in [-0.4, -0.2) is 24.6 Å². The maximum Gasteiger partial charge on any atom is 0.319 e. The van der Waals surface area contributed by atoms with E-state index in [4.69, 9.17) is 39.5 Å². The summed E-state index contributed by atoms with van der Waals surface area (Å²) in [6.45, 7) is -0.249. The molecule has 2 aromatic carbocycles. The number of benzene rings is 2. The molecule has 3 N–H and O–H groups in total. The maximum absolute atomic E-state index is 12.0. The number of hydrogen-bond acceptors (Lipinski definition) is 3. The minimum Gasteiger partial charge on any atom is -0.482 e. The lowest BCUT2D eigenvalue weighted by atomic mass is 10.3. The van der Waals surface area contributed by atoms with Crippen LogP contribution >= 0.6 is 34.8 Å². The first-order valence-electron chi connectivity index (χ1n) is 8.15. The van der Waals surface area contributed by atoms with E-state index in [0.29, 0.717) is 16.4 Å². The Hall–Kier alpha value is -2.15. The summed E-state index contributed by atoms with van der Waals surface area (Å²) >= 11 is 17.8. The van der Waals surface area contributed by atoms with Gasteiger partial charge >= 0.3 is 6.03 Å². The van der Waals surface area contributed by atoms with Crippen molar-refractivity contribution in [1.82, 2.24) is 5.32 Å². The Bertz CT molecular complexity index is 855. The predicted octanol–water partition coefficient (Wildman–Crippen LogP) is 4.95. The molecule has 142 valence electrons. The molecule has 0 aromatic heterocycles. The van der Waals surface area contributed by atoms with Crippen LogP contribution in [0.2, 0.25) is 15.1 Å². The number of carbonyl (C=O) groups excluding carboxylic acids is 2. The van der Waals surface area contributed by atoms with Gasteiger partial charge in [0.15, 0.2) is 6.61 Å². The second kappa shape index (κ2) is 8.69. The molecule has 0 bridgehead atoms. The zero-order chi connectivity index (χ0) is 19.4. The van der Waals surface area contributed by atoms with E-state index in [1.807, 2.05) is 0 Å². The van der Waals surface area contributed by atoms with Crippen molar-refractivity contribution in [2.24, 2.45) is 0 Å². The summed E-state index contributed by atoms with van der Waals surface area (Å²) in [6.07, 6.45) is 2.04. The topological polar surface area (TPSA) is 79.5 Å². The Morgan fingerprint density at radius 2 is 1.52 bits per heavy atom. The Kier molecular flexibility index (Phi) is 6.31. The Balaban J connectivity index is 1.49. The summed E-state index contributed by atoms with van der Waals surface area (Å²) in [5, 5.41) is 9.09. The van der Waals surface area contributed by atoms with Gasteiger partial charge in [-0.1, -0.05) is 34.8 Å². The Morgan fingerprint density at radius 3 is 2.15 bits per heavy atom. The highest BCUT2D eigenvalue weighted by Crippen LogP contribution is 2.33. The molecule has 0 heterocycles. The zero-order valence-electron chi connectivity index (χ0n) is 14.0. The summed E-state index contributed by atoms with van der Waals surface area (Å²) in [7, 11) is 0. The summed E-state index contributed by atoms with van der Waals surface area (Å²) in [5.74, 6) is -0.105. The van der Waals surface area contributed by atoms with Crippen molar-refractivity contribution in [3.05, 3.63) is 51.5 Å². The average Bonchev–Trinajstić information content (AvgIpc) is 3.42. The van der Waals surface area contributed by atoms with Gasteiger partial charge in [0.1, 0.15) is 5.75 Å². The SMILES string of the molecule is O=C(COc1cc(Cl)c(Cl)cc1Cl)Nc1ccc(NC(=O)NC2CC2)cc1. The van der Waals surface area contributed by atoms with Crippen molar-refractivity contribution < 1.29 is 14.3 Å². The molecule has 3 rings (SSSR count). The molecule has 1 aliphatic carbocycles. The fraction of sp³-hybridized carbons (Fsp3) is 0.222. The van der Waals surface area contributed by atoms with Gasteiger partial charge < -0.3 is 20.7 Å². The summed E-state index contributed by atoms with van der Waals surface area (Å²) in [4.78, 5) is 23.7. The van der Waals surface area contributed by atoms with Gasteiger partial charge in [-0.2, -0.15) is 0 Å². The molecule has 1 aliphatic rings. The third-order valence-electron chi connectivity index (χ3n) is 3.67. The minimum atomic E-state index is -0.371. The number of ether oxygens (including phenoxy) is 1. The van der Waals surface area contributed by atoms with Crippen molar-refractivity contribution in [2.75, 3.05) is 17.2 Å². The molecule has 0 unspecified atom stereocenters. The quantitative estimate of drug-likeness (QED) is 0.570. The molecule has 6 nitrogen and oxygen atoms in total. The lowest BCUT2D eigenvalue weighted by Gasteiger charge is -2.11. The fourth-order valence-corrected chi connectivity index (χ4v) is 2.76.